The number of aliphatic hydroxyl groups excluding tert-OH is 1. The van der Waals surface area contributed by atoms with Crippen LogP contribution in [0.5, 0.6) is 0 Å². The van der Waals surface area contributed by atoms with Crippen LogP contribution in [-0.4, -0.2) is 104 Å². The lowest BCUT2D eigenvalue weighted by atomic mass is 9.72. The quantitative estimate of drug-likeness (QED) is 0.388. The van der Waals surface area contributed by atoms with E-state index in [1.54, 1.807) is 0 Å². The van der Waals surface area contributed by atoms with Crippen molar-refractivity contribution in [3.8, 4) is 0 Å². The number of piperidine rings is 1. The lowest BCUT2D eigenvalue weighted by molar-refractivity contribution is -0.193. The number of imidazole rings is 1. The number of fused-ring (bicyclic) bond motifs is 2. The summed E-state index contributed by atoms with van der Waals surface area (Å²) in [6.45, 7) is 6.92. The van der Waals surface area contributed by atoms with Crippen LogP contribution in [0.25, 0.3) is 0 Å². The Kier molecular flexibility index (Phi) is 10.6. The number of carboxylic acids is 2. The van der Waals surface area contributed by atoms with Gasteiger partial charge in [-0.3, -0.25) is 9.80 Å². The van der Waals surface area contributed by atoms with Crippen LogP contribution in [0.1, 0.15) is 35.8 Å². The molecule has 3 heterocycles. The van der Waals surface area contributed by atoms with E-state index in [-0.39, 0.29) is 17.6 Å². The van der Waals surface area contributed by atoms with Gasteiger partial charge in [-0.05, 0) is 37.1 Å². The largest absolute Gasteiger partial charge is 0.490 e. The first-order chi connectivity index (χ1) is 19.6. The van der Waals surface area contributed by atoms with Crippen LogP contribution in [-0.2, 0) is 28.6 Å². The number of rotatable bonds is 3. The summed E-state index contributed by atoms with van der Waals surface area (Å²) in [4.78, 5) is 27.3. The summed E-state index contributed by atoms with van der Waals surface area (Å²) < 4.78 is 65.6. The lowest BCUT2D eigenvalue weighted by Crippen LogP contribution is -2.52. The Morgan fingerprint density at radius 1 is 0.976 bits per heavy atom. The second-order valence-corrected chi connectivity index (χ2v) is 10.3. The number of carbonyl (C=O) groups is 2. The predicted molar refractivity (Wildman–Crippen MR) is 136 cm³/mol. The molecule has 42 heavy (non-hydrogen) atoms. The molecule has 2 aliphatic heterocycles. The number of hydrogen-bond donors (Lipinski definition) is 4. The van der Waals surface area contributed by atoms with Gasteiger partial charge < -0.3 is 25.2 Å². The van der Waals surface area contributed by atoms with Crippen LogP contribution in [0.3, 0.4) is 0 Å². The average molecular weight is 610 g/mol. The number of nitrogens with zero attached hydrogens (tertiary/aromatic N) is 4. The highest BCUT2D eigenvalue weighted by atomic mass is 19.4. The maximum Gasteiger partial charge on any atom is 0.490 e. The molecule has 0 unspecified atom stereocenters. The van der Waals surface area contributed by atoms with Gasteiger partial charge in [-0.2, -0.15) is 26.3 Å². The van der Waals surface area contributed by atoms with Crippen molar-refractivity contribution in [2.24, 2.45) is 7.05 Å². The van der Waals surface area contributed by atoms with E-state index in [1.807, 2.05) is 12.4 Å². The van der Waals surface area contributed by atoms with Crippen LogP contribution in [0, 0.1) is 0 Å². The molecule has 0 saturated carbocycles. The molecule has 2 aromatic rings. The van der Waals surface area contributed by atoms with Gasteiger partial charge in [0.25, 0.3) is 0 Å². The van der Waals surface area contributed by atoms with Crippen LogP contribution < -0.4 is 5.32 Å². The zero-order chi connectivity index (χ0) is 31.3. The molecule has 1 aliphatic carbocycles. The first-order valence-electron chi connectivity index (χ1n) is 13.1. The van der Waals surface area contributed by atoms with Gasteiger partial charge in [-0.15, -0.1) is 0 Å². The zero-order valence-electron chi connectivity index (χ0n) is 22.7. The molecule has 2 fully saturated rings. The Balaban J connectivity index is 0.000000289. The summed E-state index contributed by atoms with van der Waals surface area (Å²) >= 11 is 0. The predicted octanol–water partition coefficient (Wildman–Crippen LogP) is 2.54. The summed E-state index contributed by atoms with van der Waals surface area (Å²) in [6.07, 6.45) is -4.54. The molecule has 234 valence electrons. The third-order valence-electron chi connectivity index (χ3n) is 7.75. The fraction of sp³-hybridized carbons (Fsp3) is 0.577. The standard InChI is InChI=1S/C22H31N5O.2C2HF3O2/c1-25-11-10-24-19(25)16-26-12-14-27(15-13-26)20-17-4-2-3-5-18(17)22(21(20)28)6-8-23-9-7-22;2*3-2(4,5)1(6)7/h2-5,10-11,20-21,23,28H,6-9,12-16H2,1H3;2*(H,6,7)/t20-,21+;;/m1../s1. The first-order valence-corrected chi connectivity index (χ1v) is 13.1. The van der Waals surface area contributed by atoms with Gasteiger partial charge in [-0.25, -0.2) is 14.6 Å². The Labute approximate surface area is 237 Å². The Morgan fingerprint density at radius 3 is 1.98 bits per heavy atom. The monoisotopic (exact) mass is 609 g/mol. The number of alkyl halides is 6. The van der Waals surface area contributed by atoms with E-state index in [2.05, 4.69) is 56.0 Å². The third kappa shape index (κ3) is 7.79. The molecule has 1 aromatic heterocycles. The van der Waals surface area contributed by atoms with Crippen LogP contribution in [0.2, 0.25) is 0 Å². The molecule has 4 N–H and O–H groups in total. The summed E-state index contributed by atoms with van der Waals surface area (Å²) in [5, 5.41) is 29.3. The first kappa shape index (κ1) is 33.3. The minimum atomic E-state index is -5.08. The molecule has 2 atom stereocenters. The highest BCUT2D eigenvalue weighted by Crippen LogP contribution is 2.52. The minimum Gasteiger partial charge on any atom is -0.475 e. The Hall–Kier alpha value is -3.21. The second-order valence-electron chi connectivity index (χ2n) is 10.3. The number of halogens is 6. The maximum atomic E-state index is 11.6. The number of piperazine rings is 1. The molecule has 10 nitrogen and oxygen atoms in total. The van der Waals surface area contributed by atoms with E-state index < -0.39 is 24.3 Å². The van der Waals surface area contributed by atoms with Crippen molar-refractivity contribution in [2.75, 3.05) is 39.3 Å². The summed E-state index contributed by atoms with van der Waals surface area (Å²) in [7, 11) is 2.06. The molecule has 1 spiro atoms. The van der Waals surface area contributed by atoms with Crippen molar-refractivity contribution in [1.29, 1.82) is 0 Å². The number of benzene rings is 1. The SMILES string of the molecule is Cn1ccnc1CN1CCN([C@@H]2c3ccccc3C3(CCNCC3)[C@H]2O)CC1.O=C(O)C(F)(F)F.O=C(O)C(F)(F)F. The number of hydrogen-bond acceptors (Lipinski definition) is 7. The van der Waals surface area contributed by atoms with Crippen LogP contribution >= 0.6 is 0 Å². The van der Waals surface area contributed by atoms with Crippen LogP contribution in [0.4, 0.5) is 26.3 Å². The van der Waals surface area contributed by atoms with Gasteiger partial charge in [0, 0.05) is 51.0 Å². The van der Waals surface area contributed by atoms with Gasteiger partial charge >= 0.3 is 24.3 Å². The Bertz CT molecular complexity index is 1180. The van der Waals surface area contributed by atoms with Crippen molar-refractivity contribution >= 4 is 11.9 Å². The van der Waals surface area contributed by atoms with Gasteiger partial charge in [0.2, 0.25) is 0 Å². The number of aryl methyl sites for hydroxylation is 1. The molecule has 1 aromatic carbocycles. The minimum absolute atomic E-state index is 0.0728. The molecule has 0 radical (unpaired) electrons. The van der Waals surface area contributed by atoms with Gasteiger partial charge in [0.1, 0.15) is 5.82 Å². The van der Waals surface area contributed by atoms with Crippen molar-refractivity contribution in [3.05, 3.63) is 53.6 Å². The molecule has 5 rings (SSSR count). The van der Waals surface area contributed by atoms with Crippen molar-refractivity contribution < 1.29 is 51.3 Å². The zero-order valence-corrected chi connectivity index (χ0v) is 22.7. The fourth-order valence-corrected chi connectivity index (χ4v) is 5.62. The Morgan fingerprint density at radius 2 is 1.50 bits per heavy atom. The molecule has 0 bridgehead atoms. The molecule has 3 aliphatic rings. The lowest BCUT2D eigenvalue weighted by Gasteiger charge is -2.43. The fourth-order valence-electron chi connectivity index (χ4n) is 5.62. The van der Waals surface area contributed by atoms with E-state index in [4.69, 9.17) is 19.8 Å². The summed E-state index contributed by atoms with van der Waals surface area (Å²) in [6, 6.07) is 8.92. The van der Waals surface area contributed by atoms with E-state index in [0.717, 1.165) is 64.5 Å². The van der Waals surface area contributed by atoms with E-state index >= 15 is 0 Å². The van der Waals surface area contributed by atoms with E-state index in [0.29, 0.717) is 0 Å². The smallest absolute Gasteiger partial charge is 0.475 e. The molecule has 16 heteroatoms. The summed E-state index contributed by atoms with van der Waals surface area (Å²) in [5.41, 5.74) is 2.68. The number of carboxylic acid groups (broad SMARTS) is 2. The number of aromatic nitrogens is 2. The second kappa shape index (κ2) is 13.4. The van der Waals surface area contributed by atoms with Crippen molar-refractivity contribution in [2.45, 2.75) is 49.3 Å². The average Bonchev–Trinajstić information content (AvgIpc) is 3.43. The number of aliphatic carboxylic acids is 2. The number of aliphatic hydroxyl groups is 1. The van der Waals surface area contributed by atoms with Gasteiger partial charge in [0.05, 0.1) is 18.7 Å². The molecule has 2 saturated heterocycles. The highest BCUT2D eigenvalue weighted by molar-refractivity contribution is 5.73. The summed E-state index contributed by atoms with van der Waals surface area (Å²) in [5.74, 6) is -4.40. The highest BCUT2D eigenvalue weighted by Gasteiger charge is 2.53. The number of nitrogens with one attached hydrogen (secondary N) is 1. The maximum absolute atomic E-state index is 11.6. The van der Waals surface area contributed by atoms with Crippen molar-refractivity contribution in [1.82, 2.24) is 24.7 Å². The normalized spacial score (nSPS) is 22.4. The molecule has 0 amide bonds. The van der Waals surface area contributed by atoms with Crippen molar-refractivity contribution in [3.63, 3.8) is 0 Å². The van der Waals surface area contributed by atoms with Crippen LogP contribution in [0.15, 0.2) is 36.7 Å². The topological polar surface area (TPSA) is 131 Å². The van der Waals surface area contributed by atoms with E-state index in [9.17, 15) is 31.4 Å². The third-order valence-corrected chi connectivity index (χ3v) is 7.75. The molecular formula is C26H33F6N5O5. The molecular weight excluding hydrogens is 576 g/mol. The van der Waals surface area contributed by atoms with Gasteiger partial charge in [0.15, 0.2) is 0 Å². The van der Waals surface area contributed by atoms with Gasteiger partial charge in [-0.1, -0.05) is 24.3 Å². The van der Waals surface area contributed by atoms with E-state index in [1.165, 1.54) is 11.1 Å².